The molecule has 26 heavy (non-hydrogen) atoms. The van der Waals surface area contributed by atoms with Gasteiger partial charge in [-0.2, -0.15) is 0 Å². The maximum absolute atomic E-state index is 13.0. The van der Waals surface area contributed by atoms with Gasteiger partial charge in [-0.05, 0) is 61.9 Å². The van der Waals surface area contributed by atoms with Crippen molar-refractivity contribution in [1.82, 2.24) is 0 Å². The second-order valence-electron chi connectivity index (χ2n) is 5.42. The Morgan fingerprint density at radius 3 is 2.42 bits per heavy atom. The molecular formula is C20H18FNO4. The minimum Gasteiger partial charge on any atom is -0.490 e. The van der Waals surface area contributed by atoms with Gasteiger partial charge in [0.15, 0.2) is 17.2 Å². The Morgan fingerprint density at radius 2 is 1.73 bits per heavy atom. The lowest BCUT2D eigenvalue weighted by Gasteiger charge is -2.11. The standard InChI is InChI=1S/C20H18FNO4/c1-3-24-17-10-5-13(12-18(17)25-4-2)11-16-20(23)26-19(22-16)14-6-8-15(21)9-7-14/h5-12H,3-4H2,1-2H3. The first-order valence-electron chi connectivity index (χ1n) is 8.29. The summed E-state index contributed by atoms with van der Waals surface area (Å²) in [5.41, 5.74) is 1.42. The van der Waals surface area contributed by atoms with E-state index in [1.54, 1.807) is 24.3 Å². The number of hydrogen-bond donors (Lipinski definition) is 0. The van der Waals surface area contributed by atoms with Crippen molar-refractivity contribution in [2.75, 3.05) is 13.2 Å². The molecule has 0 amide bonds. The molecule has 0 unspecified atom stereocenters. The number of aliphatic imine (C=N–C) groups is 1. The Kier molecular flexibility index (Phi) is 5.31. The first-order valence-corrected chi connectivity index (χ1v) is 8.29. The SMILES string of the molecule is CCOc1ccc(C=C2N=C(c3ccc(F)cc3)OC2=O)cc1OCC. The van der Waals surface area contributed by atoms with Gasteiger partial charge < -0.3 is 14.2 Å². The van der Waals surface area contributed by atoms with Crippen LogP contribution in [0.5, 0.6) is 11.5 Å². The van der Waals surface area contributed by atoms with Gasteiger partial charge in [-0.3, -0.25) is 0 Å². The van der Waals surface area contributed by atoms with Crippen molar-refractivity contribution in [3.8, 4) is 11.5 Å². The summed E-state index contributed by atoms with van der Waals surface area (Å²) in [7, 11) is 0. The highest BCUT2D eigenvalue weighted by Gasteiger charge is 2.24. The molecule has 2 aromatic rings. The summed E-state index contributed by atoms with van der Waals surface area (Å²) in [5.74, 6) is 0.458. The minimum atomic E-state index is -0.559. The number of carbonyl (C=O) groups excluding carboxylic acids is 1. The number of ether oxygens (including phenoxy) is 3. The van der Waals surface area contributed by atoms with Crippen molar-refractivity contribution in [2.45, 2.75) is 13.8 Å². The molecule has 0 N–H and O–H groups in total. The van der Waals surface area contributed by atoms with Crippen LogP contribution in [0, 0.1) is 5.82 Å². The number of nitrogens with zero attached hydrogens (tertiary/aromatic N) is 1. The van der Waals surface area contributed by atoms with Crippen LogP contribution in [0.3, 0.4) is 0 Å². The average Bonchev–Trinajstić information content (AvgIpc) is 2.99. The number of benzene rings is 2. The highest BCUT2D eigenvalue weighted by atomic mass is 19.1. The maximum atomic E-state index is 13.0. The third kappa shape index (κ3) is 3.91. The predicted molar refractivity (Wildman–Crippen MR) is 95.8 cm³/mol. The van der Waals surface area contributed by atoms with Crippen LogP contribution >= 0.6 is 0 Å². The number of cyclic esters (lactones) is 1. The molecule has 0 saturated heterocycles. The second-order valence-corrected chi connectivity index (χ2v) is 5.42. The molecule has 1 aliphatic rings. The molecule has 2 aromatic carbocycles. The van der Waals surface area contributed by atoms with Crippen LogP contribution in [0.25, 0.3) is 6.08 Å². The summed E-state index contributed by atoms with van der Waals surface area (Å²) in [6.45, 7) is 4.80. The second kappa shape index (κ2) is 7.82. The van der Waals surface area contributed by atoms with Crippen LogP contribution in [0.4, 0.5) is 4.39 Å². The monoisotopic (exact) mass is 355 g/mol. The van der Waals surface area contributed by atoms with Gasteiger partial charge >= 0.3 is 5.97 Å². The number of hydrogen-bond acceptors (Lipinski definition) is 5. The summed E-state index contributed by atoms with van der Waals surface area (Å²) >= 11 is 0. The van der Waals surface area contributed by atoms with Crippen molar-refractivity contribution in [3.63, 3.8) is 0 Å². The average molecular weight is 355 g/mol. The molecule has 0 spiro atoms. The van der Waals surface area contributed by atoms with E-state index >= 15 is 0 Å². The lowest BCUT2D eigenvalue weighted by atomic mass is 10.1. The summed E-state index contributed by atoms with van der Waals surface area (Å²) < 4.78 is 29.3. The molecule has 0 saturated carbocycles. The maximum Gasteiger partial charge on any atom is 0.363 e. The number of carbonyl (C=O) groups is 1. The normalized spacial score (nSPS) is 15.0. The molecule has 1 heterocycles. The van der Waals surface area contributed by atoms with Crippen LogP contribution in [-0.4, -0.2) is 25.1 Å². The summed E-state index contributed by atoms with van der Waals surface area (Å²) in [6, 6.07) is 11.0. The molecule has 0 atom stereocenters. The fraction of sp³-hybridized carbons (Fsp3) is 0.200. The zero-order valence-electron chi connectivity index (χ0n) is 14.5. The van der Waals surface area contributed by atoms with Crippen LogP contribution in [0.2, 0.25) is 0 Å². The highest BCUT2D eigenvalue weighted by Crippen LogP contribution is 2.30. The molecular weight excluding hydrogens is 337 g/mol. The topological polar surface area (TPSA) is 57.1 Å². The van der Waals surface area contributed by atoms with Gasteiger partial charge in [0.25, 0.3) is 0 Å². The Balaban J connectivity index is 1.90. The van der Waals surface area contributed by atoms with Crippen molar-refractivity contribution in [3.05, 3.63) is 65.1 Å². The van der Waals surface area contributed by atoms with Crippen molar-refractivity contribution in [1.29, 1.82) is 0 Å². The van der Waals surface area contributed by atoms with Crippen molar-refractivity contribution >= 4 is 17.9 Å². The zero-order valence-corrected chi connectivity index (χ0v) is 14.5. The van der Waals surface area contributed by atoms with E-state index in [1.165, 1.54) is 24.3 Å². The smallest absolute Gasteiger partial charge is 0.363 e. The molecule has 5 nitrogen and oxygen atoms in total. The van der Waals surface area contributed by atoms with Crippen molar-refractivity contribution < 1.29 is 23.4 Å². The van der Waals surface area contributed by atoms with E-state index in [0.717, 1.165) is 5.56 Å². The number of rotatable bonds is 6. The van der Waals surface area contributed by atoms with E-state index in [2.05, 4.69) is 4.99 Å². The molecule has 0 aromatic heterocycles. The van der Waals surface area contributed by atoms with E-state index in [9.17, 15) is 9.18 Å². The zero-order chi connectivity index (χ0) is 18.5. The van der Waals surface area contributed by atoms with Crippen LogP contribution in [-0.2, 0) is 9.53 Å². The molecule has 0 aliphatic carbocycles. The fourth-order valence-corrected chi connectivity index (χ4v) is 2.44. The number of halogens is 1. The fourth-order valence-electron chi connectivity index (χ4n) is 2.44. The van der Waals surface area contributed by atoms with E-state index in [-0.39, 0.29) is 17.4 Å². The van der Waals surface area contributed by atoms with Crippen LogP contribution in [0.15, 0.2) is 53.2 Å². The van der Waals surface area contributed by atoms with Crippen molar-refractivity contribution in [2.24, 2.45) is 4.99 Å². The predicted octanol–water partition coefficient (Wildman–Crippen LogP) is 3.97. The summed E-state index contributed by atoms with van der Waals surface area (Å²) in [4.78, 5) is 16.3. The van der Waals surface area contributed by atoms with Gasteiger partial charge in [0, 0.05) is 5.56 Å². The van der Waals surface area contributed by atoms with Gasteiger partial charge in [0.05, 0.1) is 13.2 Å². The lowest BCUT2D eigenvalue weighted by Crippen LogP contribution is -2.05. The number of esters is 1. The first-order chi connectivity index (χ1) is 12.6. The third-order valence-corrected chi connectivity index (χ3v) is 3.58. The van der Waals surface area contributed by atoms with Crippen LogP contribution in [0.1, 0.15) is 25.0 Å². The molecule has 1 aliphatic heterocycles. The molecule has 3 rings (SSSR count). The van der Waals surface area contributed by atoms with E-state index < -0.39 is 5.97 Å². The van der Waals surface area contributed by atoms with Gasteiger partial charge in [0.2, 0.25) is 5.90 Å². The van der Waals surface area contributed by atoms with Crippen LogP contribution < -0.4 is 9.47 Å². The molecule has 134 valence electrons. The lowest BCUT2D eigenvalue weighted by molar-refractivity contribution is -0.129. The van der Waals surface area contributed by atoms with Gasteiger partial charge in [-0.25, -0.2) is 14.2 Å². The van der Waals surface area contributed by atoms with E-state index in [4.69, 9.17) is 14.2 Å². The quantitative estimate of drug-likeness (QED) is 0.581. The highest BCUT2D eigenvalue weighted by molar-refractivity contribution is 6.12. The molecule has 0 radical (unpaired) electrons. The summed E-state index contributed by atoms with van der Waals surface area (Å²) in [5, 5.41) is 0. The Hall–Kier alpha value is -3.15. The first kappa shape index (κ1) is 17.7. The molecule has 0 fully saturated rings. The Bertz CT molecular complexity index is 872. The third-order valence-electron chi connectivity index (χ3n) is 3.58. The Labute approximate surface area is 150 Å². The Morgan fingerprint density at radius 1 is 1.04 bits per heavy atom. The largest absolute Gasteiger partial charge is 0.490 e. The van der Waals surface area contributed by atoms with E-state index in [1.807, 2.05) is 13.8 Å². The minimum absolute atomic E-state index is 0.150. The van der Waals surface area contributed by atoms with Gasteiger partial charge in [0.1, 0.15) is 5.82 Å². The molecule has 6 heteroatoms. The summed E-state index contributed by atoms with van der Waals surface area (Å²) in [6.07, 6.45) is 1.61. The van der Waals surface area contributed by atoms with E-state index in [0.29, 0.717) is 30.3 Å². The van der Waals surface area contributed by atoms with Gasteiger partial charge in [-0.1, -0.05) is 6.07 Å². The molecule has 0 bridgehead atoms. The van der Waals surface area contributed by atoms with Gasteiger partial charge in [-0.15, -0.1) is 0 Å².